The Balaban J connectivity index is 2.37. The average molecular weight is 234 g/mol. The summed E-state index contributed by atoms with van der Waals surface area (Å²) in [5.41, 5.74) is 0. The minimum Gasteiger partial charge on any atom is -0.407 e. The highest BCUT2D eigenvalue weighted by molar-refractivity contribution is 6.20. The van der Waals surface area contributed by atoms with Crippen molar-refractivity contribution in [1.82, 2.24) is 10.2 Å². The van der Waals surface area contributed by atoms with Crippen molar-refractivity contribution in [1.29, 1.82) is 0 Å². The van der Waals surface area contributed by atoms with Crippen molar-refractivity contribution in [3.63, 3.8) is 0 Å². The molecule has 0 amide bonds. The number of anilines is 1. The van der Waals surface area contributed by atoms with Crippen LogP contribution in [-0.4, -0.2) is 30.5 Å². The van der Waals surface area contributed by atoms with E-state index in [4.69, 9.17) is 20.8 Å². The second-order valence-electron chi connectivity index (χ2n) is 3.50. The molecule has 2 unspecified atom stereocenters. The standard InChI is InChI=1S/C9H16ClN3O2/c1-6(5-14-3)4-11-9-13-12-8(15-9)7(2)10/h6-7H,4-5H2,1-3H3,(H,11,13). The molecule has 2 atom stereocenters. The van der Waals surface area contributed by atoms with Gasteiger partial charge in [0.25, 0.3) is 0 Å². The lowest BCUT2D eigenvalue weighted by Gasteiger charge is -2.09. The molecular weight excluding hydrogens is 218 g/mol. The highest BCUT2D eigenvalue weighted by atomic mass is 35.5. The van der Waals surface area contributed by atoms with Gasteiger partial charge < -0.3 is 14.5 Å². The van der Waals surface area contributed by atoms with Gasteiger partial charge in [-0.25, -0.2) is 0 Å². The summed E-state index contributed by atoms with van der Waals surface area (Å²) in [6.45, 7) is 5.27. The summed E-state index contributed by atoms with van der Waals surface area (Å²) in [5.74, 6) is 0.817. The molecule has 15 heavy (non-hydrogen) atoms. The smallest absolute Gasteiger partial charge is 0.315 e. The fourth-order valence-electron chi connectivity index (χ4n) is 1.07. The van der Waals surface area contributed by atoms with E-state index in [2.05, 4.69) is 22.4 Å². The van der Waals surface area contributed by atoms with Crippen molar-refractivity contribution in [2.75, 3.05) is 25.6 Å². The third-order valence-corrected chi connectivity index (χ3v) is 2.02. The molecule has 0 fully saturated rings. The number of methoxy groups -OCH3 is 1. The van der Waals surface area contributed by atoms with Crippen LogP contribution in [0.2, 0.25) is 0 Å². The van der Waals surface area contributed by atoms with Crippen molar-refractivity contribution in [2.24, 2.45) is 5.92 Å². The fraction of sp³-hybridized carbons (Fsp3) is 0.778. The minimum absolute atomic E-state index is 0.260. The van der Waals surface area contributed by atoms with Gasteiger partial charge in [0.05, 0.1) is 6.61 Å². The highest BCUT2D eigenvalue weighted by Gasteiger charge is 2.11. The second-order valence-corrected chi connectivity index (χ2v) is 4.16. The molecule has 0 aromatic carbocycles. The zero-order chi connectivity index (χ0) is 11.3. The van der Waals surface area contributed by atoms with Gasteiger partial charge in [-0.2, -0.15) is 0 Å². The summed E-state index contributed by atoms with van der Waals surface area (Å²) in [6.07, 6.45) is 0. The van der Waals surface area contributed by atoms with Gasteiger partial charge in [0, 0.05) is 13.7 Å². The molecule has 0 saturated carbocycles. The van der Waals surface area contributed by atoms with Gasteiger partial charge in [0.2, 0.25) is 5.89 Å². The summed E-state index contributed by atoms with van der Waals surface area (Å²) in [7, 11) is 1.68. The van der Waals surface area contributed by atoms with Gasteiger partial charge in [-0.15, -0.1) is 16.7 Å². The molecule has 0 bridgehead atoms. The molecule has 1 aromatic heterocycles. The Kier molecular flexibility index (Phi) is 4.84. The third-order valence-electron chi connectivity index (χ3n) is 1.83. The molecule has 0 spiro atoms. The number of nitrogens with one attached hydrogen (secondary N) is 1. The van der Waals surface area contributed by atoms with E-state index < -0.39 is 0 Å². The molecule has 0 aliphatic carbocycles. The van der Waals surface area contributed by atoms with Crippen LogP contribution in [0.3, 0.4) is 0 Å². The maximum atomic E-state index is 5.78. The first kappa shape index (κ1) is 12.3. The Bertz CT molecular complexity index is 291. The third kappa shape index (κ3) is 4.05. The van der Waals surface area contributed by atoms with Crippen LogP contribution in [0, 0.1) is 5.92 Å². The Morgan fingerprint density at radius 2 is 2.20 bits per heavy atom. The minimum atomic E-state index is -0.260. The van der Waals surface area contributed by atoms with Crippen molar-refractivity contribution in [3.8, 4) is 0 Å². The number of aromatic nitrogens is 2. The number of hydrogen-bond donors (Lipinski definition) is 1. The van der Waals surface area contributed by atoms with E-state index in [1.165, 1.54) is 0 Å². The molecule has 1 aromatic rings. The highest BCUT2D eigenvalue weighted by Crippen LogP contribution is 2.19. The topological polar surface area (TPSA) is 60.2 Å². The van der Waals surface area contributed by atoms with Crippen LogP contribution in [0.4, 0.5) is 6.01 Å². The summed E-state index contributed by atoms with van der Waals surface area (Å²) in [6, 6.07) is 0.403. The zero-order valence-electron chi connectivity index (χ0n) is 9.16. The maximum absolute atomic E-state index is 5.78. The van der Waals surface area contributed by atoms with E-state index in [1.54, 1.807) is 14.0 Å². The van der Waals surface area contributed by atoms with Crippen molar-refractivity contribution in [2.45, 2.75) is 19.2 Å². The quantitative estimate of drug-likeness (QED) is 0.763. The van der Waals surface area contributed by atoms with Crippen LogP contribution in [-0.2, 0) is 4.74 Å². The Labute approximate surface area is 94.2 Å². The predicted octanol–water partition coefficient (Wildman–Crippen LogP) is 2.06. The van der Waals surface area contributed by atoms with E-state index in [9.17, 15) is 0 Å². The molecule has 0 aliphatic rings. The van der Waals surface area contributed by atoms with E-state index in [0.29, 0.717) is 24.4 Å². The van der Waals surface area contributed by atoms with Crippen LogP contribution >= 0.6 is 11.6 Å². The number of nitrogens with zero attached hydrogens (tertiary/aromatic N) is 2. The first-order chi connectivity index (χ1) is 7.13. The summed E-state index contributed by atoms with van der Waals surface area (Å²) >= 11 is 5.78. The molecule has 0 aliphatic heterocycles. The van der Waals surface area contributed by atoms with Gasteiger partial charge in [0.15, 0.2) is 0 Å². The lowest BCUT2D eigenvalue weighted by atomic mass is 10.2. The van der Waals surface area contributed by atoms with Crippen LogP contribution in [0.25, 0.3) is 0 Å². The van der Waals surface area contributed by atoms with Crippen molar-refractivity contribution in [3.05, 3.63) is 5.89 Å². The average Bonchev–Trinajstić information content (AvgIpc) is 2.63. The van der Waals surface area contributed by atoms with Gasteiger partial charge in [-0.05, 0) is 12.8 Å². The largest absolute Gasteiger partial charge is 0.407 e. The van der Waals surface area contributed by atoms with E-state index >= 15 is 0 Å². The maximum Gasteiger partial charge on any atom is 0.315 e. The van der Waals surface area contributed by atoms with Crippen molar-refractivity contribution < 1.29 is 9.15 Å². The summed E-state index contributed by atoms with van der Waals surface area (Å²) < 4.78 is 10.3. The molecule has 5 nitrogen and oxygen atoms in total. The molecule has 86 valence electrons. The lowest BCUT2D eigenvalue weighted by Crippen LogP contribution is -2.15. The van der Waals surface area contributed by atoms with E-state index in [-0.39, 0.29) is 5.38 Å². The number of rotatable bonds is 6. The van der Waals surface area contributed by atoms with Gasteiger partial charge in [0.1, 0.15) is 5.38 Å². The Morgan fingerprint density at radius 3 is 2.73 bits per heavy atom. The summed E-state index contributed by atoms with van der Waals surface area (Å²) in [4.78, 5) is 0. The van der Waals surface area contributed by atoms with Crippen LogP contribution < -0.4 is 5.32 Å². The molecule has 1 rings (SSSR count). The van der Waals surface area contributed by atoms with E-state index in [0.717, 1.165) is 6.54 Å². The zero-order valence-corrected chi connectivity index (χ0v) is 9.91. The number of ether oxygens (including phenoxy) is 1. The Hall–Kier alpha value is -0.810. The molecule has 0 radical (unpaired) electrons. The fourth-order valence-corrected chi connectivity index (χ4v) is 1.16. The first-order valence-electron chi connectivity index (χ1n) is 4.83. The number of halogens is 1. The van der Waals surface area contributed by atoms with Crippen molar-refractivity contribution >= 4 is 17.6 Å². The van der Waals surface area contributed by atoms with Crippen LogP contribution in [0.5, 0.6) is 0 Å². The number of alkyl halides is 1. The summed E-state index contributed by atoms with van der Waals surface area (Å²) in [5, 5.41) is 10.4. The van der Waals surface area contributed by atoms with Crippen LogP contribution in [0.15, 0.2) is 4.42 Å². The lowest BCUT2D eigenvalue weighted by molar-refractivity contribution is 0.164. The van der Waals surface area contributed by atoms with E-state index in [1.807, 2.05) is 0 Å². The number of hydrogen-bond acceptors (Lipinski definition) is 5. The molecule has 1 heterocycles. The second kappa shape index (κ2) is 5.92. The molecule has 1 N–H and O–H groups in total. The molecular formula is C9H16ClN3O2. The predicted molar refractivity (Wildman–Crippen MR) is 58.1 cm³/mol. The monoisotopic (exact) mass is 233 g/mol. The van der Waals surface area contributed by atoms with Gasteiger partial charge in [-0.1, -0.05) is 12.0 Å². The van der Waals surface area contributed by atoms with Gasteiger partial charge >= 0.3 is 6.01 Å². The Morgan fingerprint density at radius 1 is 1.47 bits per heavy atom. The normalized spacial score (nSPS) is 14.9. The van der Waals surface area contributed by atoms with Gasteiger partial charge in [-0.3, -0.25) is 0 Å². The van der Waals surface area contributed by atoms with Crippen LogP contribution in [0.1, 0.15) is 25.1 Å². The molecule has 6 heteroatoms. The first-order valence-corrected chi connectivity index (χ1v) is 5.27. The molecule has 0 saturated heterocycles. The SMILES string of the molecule is COCC(C)CNc1nnc(C(C)Cl)o1.